The first-order valence-electron chi connectivity index (χ1n) is 7.96. The molecule has 0 aliphatic carbocycles. The van der Waals surface area contributed by atoms with E-state index in [1.165, 1.54) is 17.0 Å². The van der Waals surface area contributed by atoms with Gasteiger partial charge in [-0.05, 0) is 48.4 Å². The smallest absolute Gasteiger partial charge is 0.475 e. The first kappa shape index (κ1) is 19.2. The zero-order valence-corrected chi connectivity index (χ0v) is 14.4. The number of carbonyl (C=O) groups excluding carboxylic acids is 1. The van der Waals surface area contributed by atoms with Crippen LogP contribution in [0.15, 0.2) is 41.8 Å². The first-order valence-corrected chi connectivity index (χ1v) is 8.84. The normalized spacial score (nSPS) is 11.8. The van der Waals surface area contributed by atoms with E-state index in [2.05, 4.69) is 5.32 Å². The van der Waals surface area contributed by atoms with E-state index >= 15 is 0 Å². The monoisotopic (exact) mass is 361 g/mol. The second-order valence-electron chi connectivity index (χ2n) is 5.73. The van der Waals surface area contributed by atoms with E-state index in [4.69, 9.17) is 5.11 Å². The highest BCUT2D eigenvalue weighted by Crippen LogP contribution is 2.12. The molecule has 1 amide bonds. The zero-order valence-electron chi connectivity index (χ0n) is 13.6. The van der Waals surface area contributed by atoms with Gasteiger partial charge in [0.15, 0.2) is 0 Å². The third-order valence-corrected chi connectivity index (χ3v) is 4.68. The fourth-order valence-corrected chi connectivity index (χ4v) is 3.22. The van der Waals surface area contributed by atoms with Crippen molar-refractivity contribution in [3.8, 4) is 0 Å². The van der Waals surface area contributed by atoms with Gasteiger partial charge in [0, 0.05) is 11.3 Å². The van der Waals surface area contributed by atoms with Gasteiger partial charge in [-0.1, -0.05) is 18.2 Å². The fourth-order valence-electron chi connectivity index (χ4n) is 2.47. The summed E-state index contributed by atoms with van der Waals surface area (Å²) >= 11 is 1.64. The third-order valence-electron chi connectivity index (χ3n) is 3.74. The minimum Gasteiger partial charge on any atom is -0.478 e. The molecule has 0 spiro atoms. The van der Waals surface area contributed by atoms with Gasteiger partial charge in [0.1, 0.15) is 0 Å². The molecule has 0 aliphatic heterocycles. The van der Waals surface area contributed by atoms with Crippen LogP contribution in [0.25, 0.3) is 0 Å². The average molecular weight is 361 g/mol. The first-order chi connectivity index (χ1) is 12.0. The van der Waals surface area contributed by atoms with Gasteiger partial charge in [0.2, 0.25) is 5.91 Å². The number of aryl methyl sites for hydroxylation is 1. The average Bonchev–Trinajstić information content (AvgIpc) is 3.07. The highest BCUT2D eigenvalue weighted by atomic mass is 32.1. The van der Waals surface area contributed by atoms with Gasteiger partial charge in [-0.25, -0.2) is 4.79 Å². The Hall–Kier alpha value is -2.16. The maximum absolute atomic E-state index is 12.0. The van der Waals surface area contributed by atoms with Crippen molar-refractivity contribution in [3.05, 3.63) is 57.8 Å². The molecule has 0 saturated heterocycles. The predicted octanol–water partition coefficient (Wildman–Crippen LogP) is 1.51. The Balaban J connectivity index is 1.88. The molecule has 0 aliphatic rings. The molecule has 1 aromatic carbocycles. The van der Waals surface area contributed by atoms with Crippen LogP contribution < -0.4 is 5.32 Å². The summed E-state index contributed by atoms with van der Waals surface area (Å²) in [5.74, 6) is -2.21. The summed E-state index contributed by atoms with van der Waals surface area (Å²) in [4.78, 5) is 24.2. The molecule has 1 atom stereocenters. The Morgan fingerprint density at radius 3 is 2.64 bits per heavy atom. The van der Waals surface area contributed by atoms with Crippen molar-refractivity contribution in [2.75, 3.05) is 0 Å². The van der Waals surface area contributed by atoms with Crippen LogP contribution in [0.3, 0.4) is 0 Å². The molecule has 0 saturated carbocycles. The van der Waals surface area contributed by atoms with Crippen LogP contribution in [0.4, 0.5) is 0 Å². The van der Waals surface area contributed by atoms with Gasteiger partial charge in [-0.15, -0.1) is 11.3 Å². The highest BCUT2D eigenvalue weighted by molar-refractivity contribution is 7.09. The van der Waals surface area contributed by atoms with Crippen molar-refractivity contribution >= 4 is 30.3 Å². The quantitative estimate of drug-likeness (QED) is 0.507. The highest BCUT2D eigenvalue weighted by Gasteiger charge is 2.25. The van der Waals surface area contributed by atoms with Crippen molar-refractivity contribution in [2.45, 2.75) is 31.6 Å². The minimum atomic E-state index is -1.73. The number of hydrogen-bond donors (Lipinski definition) is 4. The van der Waals surface area contributed by atoms with E-state index in [1.807, 2.05) is 17.5 Å². The Morgan fingerprint density at radius 2 is 2.00 bits per heavy atom. The summed E-state index contributed by atoms with van der Waals surface area (Å²) in [6, 6.07) is 10.2. The molecule has 1 aromatic heterocycles. The lowest BCUT2D eigenvalue weighted by atomic mass is 9.75. The van der Waals surface area contributed by atoms with Crippen LogP contribution in [0.1, 0.15) is 33.6 Å². The van der Waals surface area contributed by atoms with Gasteiger partial charge in [0.25, 0.3) is 0 Å². The maximum atomic E-state index is 12.0. The second kappa shape index (κ2) is 9.36. The van der Waals surface area contributed by atoms with Crippen molar-refractivity contribution in [2.24, 2.45) is 0 Å². The Bertz CT molecular complexity index is 705. The number of benzene rings is 1. The number of nitrogens with one attached hydrogen (secondary N) is 1. The molecule has 1 heterocycles. The number of aromatic carboxylic acids is 1. The Labute approximate surface area is 150 Å². The lowest BCUT2D eigenvalue weighted by molar-refractivity contribution is -0.121. The molecule has 0 bridgehead atoms. The molecule has 25 heavy (non-hydrogen) atoms. The zero-order chi connectivity index (χ0) is 18.2. The van der Waals surface area contributed by atoms with Gasteiger partial charge < -0.3 is 20.5 Å². The largest absolute Gasteiger partial charge is 0.478 e. The molecule has 2 aromatic rings. The second-order valence-corrected chi connectivity index (χ2v) is 6.76. The van der Waals surface area contributed by atoms with Crippen molar-refractivity contribution in [1.29, 1.82) is 0 Å². The van der Waals surface area contributed by atoms with Crippen LogP contribution in [-0.4, -0.2) is 40.1 Å². The molecule has 4 N–H and O–H groups in total. The summed E-state index contributed by atoms with van der Waals surface area (Å²) in [6.07, 6.45) is 1.90. The summed E-state index contributed by atoms with van der Waals surface area (Å²) in [5.41, 5.74) is 0.725. The molecule has 2 rings (SSSR count). The Morgan fingerprint density at radius 1 is 1.20 bits per heavy atom. The van der Waals surface area contributed by atoms with Gasteiger partial charge >= 0.3 is 13.1 Å². The molecule has 0 unspecified atom stereocenters. The molecule has 0 radical (unpaired) electrons. The number of carboxylic acids is 1. The molecule has 132 valence electrons. The van der Waals surface area contributed by atoms with Crippen LogP contribution >= 0.6 is 11.3 Å². The van der Waals surface area contributed by atoms with Gasteiger partial charge in [0.05, 0.1) is 11.5 Å². The fraction of sp³-hybridized carbons (Fsp3) is 0.294. The van der Waals surface area contributed by atoms with E-state index in [-0.39, 0.29) is 24.3 Å². The van der Waals surface area contributed by atoms with E-state index in [9.17, 15) is 19.6 Å². The van der Waals surface area contributed by atoms with Crippen molar-refractivity contribution < 1.29 is 24.7 Å². The number of thiophene rings is 1. The molecule has 8 heteroatoms. The SMILES string of the molecule is O=C(CCCc1cccs1)N[C@@H](Cc1cccc(C(=O)O)c1)B(O)O. The summed E-state index contributed by atoms with van der Waals surface area (Å²) in [5, 5.41) is 32.6. The van der Waals surface area contributed by atoms with Gasteiger partial charge in [-0.2, -0.15) is 0 Å². The number of amides is 1. The summed E-state index contributed by atoms with van der Waals surface area (Å²) in [6.45, 7) is 0. The van der Waals surface area contributed by atoms with Crippen molar-refractivity contribution in [1.82, 2.24) is 5.32 Å². The van der Waals surface area contributed by atoms with Crippen LogP contribution in [0.5, 0.6) is 0 Å². The van der Waals surface area contributed by atoms with E-state index in [0.29, 0.717) is 12.0 Å². The van der Waals surface area contributed by atoms with E-state index in [0.717, 1.165) is 6.42 Å². The van der Waals surface area contributed by atoms with Crippen molar-refractivity contribution in [3.63, 3.8) is 0 Å². The molecule has 6 nitrogen and oxygen atoms in total. The van der Waals surface area contributed by atoms with E-state index < -0.39 is 19.0 Å². The van der Waals surface area contributed by atoms with Crippen LogP contribution in [0, 0.1) is 0 Å². The number of carboxylic acid groups (broad SMARTS) is 1. The van der Waals surface area contributed by atoms with Gasteiger partial charge in [-0.3, -0.25) is 4.79 Å². The predicted molar refractivity (Wildman–Crippen MR) is 96.5 cm³/mol. The molecular formula is C17H20BNO5S. The maximum Gasteiger partial charge on any atom is 0.475 e. The van der Waals surface area contributed by atoms with Crippen LogP contribution in [-0.2, 0) is 17.6 Å². The third kappa shape index (κ3) is 6.34. The summed E-state index contributed by atoms with van der Waals surface area (Å²) < 4.78 is 0. The standard InChI is InChI=1S/C17H20BNO5S/c20-16(8-2-6-14-7-3-9-25-14)19-15(18(23)24)11-12-4-1-5-13(10-12)17(21)22/h1,3-5,7,9-10,15,23-24H,2,6,8,11H2,(H,19,20)(H,21,22)/t15-/m0/s1. The topological polar surface area (TPSA) is 107 Å². The molecular weight excluding hydrogens is 341 g/mol. The summed E-state index contributed by atoms with van der Waals surface area (Å²) in [7, 11) is -1.73. The lowest BCUT2D eigenvalue weighted by Gasteiger charge is -2.18. The molecule has 0 fully saturated rings. The number of hydrogen-bond acceptors (Lipinski definition) is 5. The minimum absolute atomic E-state index is 0.117. The van der Waals surface area contributed by atoms with E-state index in [1.54, 1.807) is 23.5 Å². The number of rotatable bonds is 9. The lowest BCUT2D eigenvalue weighted by Crippen LogP contribution is -2.47. The Kier molecular flexibility index (Phi) is 7.18. The number of carbonyl (C=O) groups is 2. The van der Waals surface area contributed by atoms with Crippen LogP contribution in [0.2, 0.25) is 0 Å².